The molecule has 0 aliphatic carbocycles. The SMILES string of the molecule is CC(O)c1cccc(Bc2nccc(-c3ccc(C(=O)N4Cc5ccccc5C4)s3)n2)c1. The van der Waals surface area contributed by atoms with Crippen molar-refractivity contribution in [2.45, 2.75) is 26.1 Å². The number of fused-ring (bicyclic) bond motifs is 1. The molecule has 1 aliphatic rings. The van der Waals surface area contributed by atoms with Crippen LogP contribution >= 0.6 is 11.3 Å². The number of aromatic nitrogens is 2. The van der Waals surface area contributed by atoms with Crippen LogP contribution in [0.15, 0.2) is 72.9 Å². The van der Waals surface area contributed by atoms with Crippen molar-refractivity contribution in [1.29, 1.82) is 0 Å². The van der Waals surface area contributed by atoms with Gasteiger partial charge in [-0.3, -0.25) is 9.78 Å². The molecule has 0 bridgehead atoms. The van der Waals surface area contributed by atoms with Crippen LogP contribution in [-0.4, -0.2) is 33.2 Å². The lowest BCUT2D eigenvalue weighted by Gasteiger charge is -2.13. The molecule has 2 aromatic carbocycles. The highest BCUT2D eigenvalue weighted by Crippen LogP contribution is 2.30. The Morgan fingerprint density at radius 2 is 1.84 bits per heavy atom. The normalized spacial score (nSPS) is 13.6. The Hall–Kier alpha value is -3.29. The van der Waals surface area contributed by atoms with Crippen molar-refractivity contribution in [3.05, 3.63) is 94.5 Å². The third-order valence-electron chi connectivity index (χ3n) is 5.70. The van der Waals surface area contributed by atoms with Crippen LogP contribution in [0.3, 0.4) is 0 Å². The highest BCUT2D eigenvalue weighted by molar-refractivity contribution is 7.17. The van der Waals surface area contributed by atoms with Crippen molar-refractivity contribution in [3.8, 4) is 10.6 Å². The van der Waals surface area contributed by atoms with E-state index in [4.69, 9.17) is 4.98 Å². The molecule has 1 atom stereocenters. The molecular weight excluding hydrogens is 417 g/mol. The number of hydrogen-bond donors (Lipinski definition) is 1. The maximum absolute atomic E-state index is 13.0. The van der Waals surface area contributed by atoms with Gasteiger partial charge in [0.1, 0.15) is 0 Å². The number of rotatable bonds is 5. The smallest absolute Gasteiger partial charge is 0.264 e. The van der Waals surface area contributed by atoms with Gasteiger partial charge in [0.05, 0.1) is 27.3 Å². The molecule has 0 spiro atoms. The van der Waals surface area contributed by atoms with Crippen LogP contribution in [0.25, 0.3) is 10.6 Å². The predicted octanol–water partition coefficient (Wildman–Crippen LogP) is 2.80. The lowest BCUT2D eigenvalue weighted by Crippen LogP contribution is -2.32. The number of aliphatic hydroxyl groups excluding tert-OH is 1. The van der Waals surface area contributed by atoms with Gasteiger partial charge in [0.2, 0.25) is 7.28 Å². The monoisotopic (exact) mass is 439 g/mol. The number of hydrogen-bond acceptors (Lipinski definition) is 5. The van der Waals surface area contributed by atoms with Gasteiger partial charge in [-0.05, 0) is 41.8 Å². The minimum absolute atomic E-state index is 0.0571. The molecular formula is C25H22BN3O2S. The highest BCUT2D eigenvalue weighted by Gasteiger charge is 2.25. The number of benzene rings is 2. The van der Waals surface area contributed by atoms with Crippen LogP contribution in [0.1, 0.15) is 39.4 Å². The van der Waals surface area contributed by atoms with Crippen LogP contribution in [0.5, 0.6) is 0 Å². The van der Waals surface area contributed by atoms with E-state index in [2.05, 4.69) is 17.1 Å². The second-order valence-electron chi connectivity index (χ2n) is 8.05. The summed E-state index contributed by atoms with van der Waals surface area (Å²) in [6.07, 6.45) is 1.25. The molecule has 5 rings (SSSR count). The fourth-order valence-electron chi connectivity index (χ4n) is 3.99. The van der Waals surface area contributed by atoms with Crippen LogP contribution in [-0.2, 0) is 13.1 Å². The van der Waals surface area contributed by atoms with Gasteiger partial charge in [-0.1, -0.05) is 54.0 Å². The fourth-order valence-corrected chi connectivity index (χ4v) is 4.93. The Bertz CT molecular complexity index is 1260. The number of carbonyl (C=O) groups excluding carboxylic acids is 1. The van der Waals surface area contributed by atoms with Crippen LogP contribution < -0.4 is 11.2 Å². The summed E-state index contributed by atoms with van der Waals surface area (Å²) < 4.78 is 0. The average Bonchev–Trinajstić information content (AvgIpc) is 3.46. The fraction of sp³-hybridized carbons (Fsp3) is 0.160. The average molecular weight is 439 g/mol. The molecule has 1 N–H and O–H groups in total. The first-order valence-corrected chi connectivity index (χ1v) is 11.4. The quantitative estimate of drug-likeness (QED) is 0.486. The Balaban J connectivity index is 1.32. The number of amides is 1. The first kappa shape index (κ1) is 20.6. The van der Waals surface area contributed by atoms with Gasteiger partial charge >= 0.3 is 0 Å². The van der Waals surface area contributed by atoms with E-state index in [1.807, 2.05) is 59.5 Å². The van der Waals surface area contributed by atoms with Crippen LogP contribution in [0.2, 0.25) is 0 Å². The molecule has 32 heavy (non-hydrogen) atoms. The van der Waals surface area contributed by atoms with Gasteiger partial charge in [0.15, 0.2) is 0 Å². The molecule has 2 aromatic heterocycles. The van der Waals surface area contributed by atoms with Crippen molar-refractivity contribution < 1.29 is 9.90 Å². The molecule has 0 fully saturated rings. The van der Waals surface area contributed by atoms with Crippen molar-refractivity contribution in [1.82, 2.24) is 14.9 Å². The first-order chi connectivity index (χ1) is 15.6. The number of nitrogens with zero attached hydrogens (tertiary/aromatic N) is 3. The largest absolute Gasteiger partial charge is 0.389 e. The molecule has 1 aliphatic heterocycles. The van der Waals surface area contributed by atoms with Gasteiger partial charge in [0.25, 0.3) is 5.91 Å². The molecule has 1 unspecified atom stereocenters. The molecule has 5 nitrogen and oxygen atoms in total. The van der Waals surface area contributed by atoms with E-state index >= 15 is 0 Å². The Morgan fingerprint density at radius 1 is 1.06 bits per heavy atom. The molecule has 4 aromatic rings. The summed E-state index contributed by atoms with van der Waals surface area (Å²) in [6, 6.07) is 21.8. The van der Waals surface area contributed by atoms with Crippen LogP contribution in [0.4, 0.5) is 0 Å². The van der Waals surface area contributed by atoms with Crippen LogP contribution in [0, 0.1) is 0 Å². The highest BCUT2D eigenvalue weighted by atomic mass is 32.1. The third kappa shape index (κ3) is 4.22. The van der Waals surface area contributed by atoms with Crippen molar-refractivity contribution in [3.63, 3.8) is 0 Å². The van der Waals surface area contributed by atoms with E-state index in [9.17, 15) is 9.90 Å². The molecule has 7 heteroatoms. The Morgan fingerprint density at radius 3 is 2.59 bits per heavy atom. The predicted molar refractivity (Wildman–Crippen MR) is 129 cm³/mol. The van der Waals surface area contributed by atoms with Crippen molar-refractivity contribution >= 4 is 35.7 Å². The van der Waals surface area contributed by atoms with E-state index in [0.717, 1.165) is 26.5 Å². The molecule has 0 radical (unpaired) electrons. The summed E-state index contributed by atoms with van der Waals surface area (Å²) in [5, 5.41) is 9.82. The standard InChI is InChI=1S/C25H22BN3O2S/c1-16(30)17-7-4-8-20(13-17)26-25-27-12-11-21(28-25)22-9-10-23(32-22)24(31)29-14-18-5-2-3-6-19(18)15-29/h2-13,16,26,30H,14-15H2,1H3. The zero-order valence-electron chi connectivity index (χ0n) is 17.7. The molecule has 3 heterocycles. The lowest BCUT2D eigenvalue weighted by molar-refractivity contribution is 0.0756. The summed E-state index contributed by atoms with van der Waals surface area (Å²) in [6.45, 7) is 3.07. The summed E-state index contributed by atoms with van der Waals surface area (Å²) in [7, 11) is 0.581. The minimum Gasteiger partial charge on any atom is -0.389 e. The molecule has 158 valence electrons. The number of aliphatic hydroxyl groups is 1. The summed E-state index contributed by atoms with van der Waals surface area (Å²) >= 11 is 1.47. The van der Waals surface area contributed by atoms with Gasteiger partial charge in [-0.15, -0.1) is 11.3 Å². The maximum Gasteiger partial charge on any atom is 0.264 e. The Labute approximate surface area is 191 Å². The third-order valence-corrected chi connectivity index (χ3v) is 6.79. The summed E-state index contributed by atoms with van der Waals surface area (Å²) in [4.78, 5) is 25.7. The second kappa shape index (κ2) is 8.69. The zero-order chi connectivity index (χ0) is 22.1. The van der Waals surface area contributed by atoms with Gasteiger partial charge in [-0.25, -0.2) is 4.98 Å². The summed E-state index contributed by atoms with van der Waals surface area (Å²) in [5.74, 6) is 0.0571. The van der Waals surface area contributed by atoms with E-state index in [-0.39, 0.29) is 5.91 Å². The molecule has 0 saturated heterocycles. The van der Waals surface area contributed by atoms with Crippen molar-refractivity contribution in [2.75, 3.05) is 0 Å². The van der Waals surface area contributed by atoms with E-state index in [0.29, 0.717) is 26.1 Å². The van der Waals surface area contributed by atoms with Gasteiger partial charge < -0.3 is 10.0 Å². The molecule has 0 saturated carbocycles. The van der Waals surface area contributed by atoms with Gasteiger partial charge in [-0.2, -0.15) is 0 Å². The maximum atomic E-state index is 13.0. The number of thiophene rings is 1. The first-order valence-electron chi connectivity index (χ1n) is 10.6. The van der Waals surface area contributed by atoms with Gasteiger partial charge in [0, 0.05) is 19.3 Å². The van der Waals surface area contributed by atoms with E-state index < -0.39 is 6.10 Å². The van der Waals surface area contributed by atoms with E-state index in [1.165, 1.54) is 22.5 Å². The topological polar surface area (TPSA) is 66.3 Å². The number of carbonyl (C=O) groups is 1. The van der Waals surface area contributed by atoms with E-state index in [1.54, 1.807) is 13.1 Å². The zero-order valence-corrected chi connectivity index (χ0v) is 18.5. The van der Waals surface area contributed by atoms with Crippen molar-refractivity contribution in [2.24, 2.45) is 0 Å². The lowest BCUT2D eigenvalue weighted by atomic mass is 9.69. The molecule has 1 amide bonds. The summed E-state index contributed by atoms with van der Waals surface area (Å²) in [5.41, 5.74) is 5.90. The Kier molecular flexibility index (Phi) is 5.60. The minimum atomic E-state index is -0.507. The second-order valence-corrected chi connectivity index (χ2v) is 9.13.